The van der Waals surface area contributed by atoms with Crippen molar-refractivity contribution in [3.63, 3.8) is 0 Å². The minimum Gasteiger partial charge on any atom is -0.367 e. The molecular weight excluding hydrogens is 266 g/mol. The zero-order chi connectivity index (χ0) is 14.8. The van der Waals surface area contributed by atoms with Crippen LogP contribution in [0.5, 0.6) is 0 Å². The molecular formula is C16H13N3O2. The molecule has 0 aliphatic carbocycles. The van der Waals surface area contributed by atoms with E-state index in [1.165, 1.54) is 6.07 Å². The minimum absolute atomic E-state index is 0.0259. The summed E-state index contributed by atoms with van der Waals surface area (Å²) in [4.78, 5) is 14.8. The Labute approximate surface area is 121 Å². The van der Waals surface area contributed by atoms with Gasteiger partial charge in [0.2, 0.25) is 5.82 Å². The van der Waals surface area contributed by atoms with E-state index in [-0.39, 0.29) is 11.5 Å². The second-order valence-electron chi connectivity index (χ2n) is 4.63. The van der Waals surface area contributed by atoms with E-state index < -0.39 is 4.92 Å². The van der Waals surface area contributed by atoms with Gasteiger partial charge in [-0.25, -0.2) is 4.98 Å². The van der Waals surface area contributed by atoms with Crippen molar-refractivity contribution in [2.75, 3.05) is 12.4 Å². The van der Waals surface area contributed by atoms with E-state index in [1.807, 2.05) is 42.5 Å². The molecule has 0 saturated heterocycles. The molecule has 1 heterocycles. The van der Waals surface area contributed by atoms with Crippen LogP contribution in [0.15, 0.2) is 54.6 Å². The number of fused-ring (bicyclic) bond motifs is 1. The maximum atomic E-state index is 10.9. The molecule has 0 radical (unpaired) electrons. The van der Waals surface area contributed by atoms with Crippen LogP contribution in [0, 0.1) is 10.1 Å². The molecule has 0 spiro atoms. The summed E-state index contributed by atoms with van der Waals surface area (Å²) in [6.07, 6.45) is 0. The Hall–Kier alpha value is -2.95. The van der Waals surface area contributed by atoms with Gasteiger partial charge < -0.3 is 5.32 Å². The summed E-state index contributed by atoms with van der Waals surface area (Å²) < 4.78 is 0. The smallest absolute Gasteiger partial charge is 0.311 e. The Morgan fingerprint density at radius 3 is 2.52 bits per heavy atom. The highest BCUT2D eigenvalue weighted by Gasteiger charge is 2.15. The first kappa shape index (κ1) is 13.1. The Bertz CT molecular complexity index is 831. The molecule has 0 aliphatic rings. The Balaban J connectivity index is 2.11. The molecule has 0 aliphatic heterocycles. The van der Waals surface area contributed by atoms with Crippen LogP contribution in [-0.4, -0.2) is 17.0 Å². The number of rotatable bonds is 3. The standard InChI is InChI=1S/C16H13N3O2/c1-17-16-15(19(20)21)9-8-14(18-16)13-7-6-11-4-2-3-5-12(11)10-13/h2-10H,1H3,(H,17,18). The first-order valence-corrected chi connectivity index (χ1v) is 6.51. The first-order chi connectivity index (χ1) is 10.2. The van der Waals surface area contributed by atoms with Gasteiger partial charge in [-0.1, -0.05) is 36.4 Å². The Morgan fingerprint density at radius 2 is 1.81 bits per heavy atom. The van der Waals surface area contributed by atoms with Gasteiger partial charge in [-0.15, -0.1) is 0 Å². The quantitative estimate of drug-likeness (QED) is 0.584. The molecule has 2 aromatic carbocycles. The highest BCUT2D eigenvalue weighted by Crippen LogP contribution is 2.28. The van der Waals surface area contributed by atoms with Gasteiger partial charge in [-0.05, 0) is 22.9 Å². The zero-order valence-corrected chi connectivity index (χ0v) is 11.4. The summed E-state index contributed by atoms with van der Waals surface area (Å²) in [7, 11) is 1.62. The SMILES string of the molecule is CNc1nc(-c2ccc3ccccc3c2)ccc1[N+](=O)[O-]. The molecule has 5 heteroatoms. The number of pyridine rings is 1. The summed E-state index contributed by atoms with van der Waals surface area (Å²) in [6, 6.07) is 17.2. The molecule has 0 atom stereocenters. The van der Waals surface area contributed by atoms with E-state index in [9.17, 15) is 10.1 Å². The molecule has 0 saturated carbocycles. The molecule has 0 fully saturated rings. The van der Waals surface area contributed by atoms with Crippen LogP contribution >= 0.6 is 0 Å². The maximum Gasteiger partial charge on any atom is 0.311 e. The van der Waals surface area contributed by atoms with Crippen molar-refractivity contribution in [2.45, 2.75) is 0 Å². The molecule has 0 bridgehead atoms. The number of nitrogens with one attached hydrogen (secondary N) is 1. The number of benzene rings is 2. The second kappa shape index (κ2) is 5.20. The molecule has 3 aromatic rings. The third kappa shape index (κ3) is 2.41. The average molecular weight is 279 g/mol. The second-order valence-corrected chi connectivity index (χ2v) is 4.63. The number of aromatic nitrogens is 1. The fourth-order valence-electron chi connectivity index (χ4n) is 2.29. The van der Waals surface area contributed by atoms with Crippen LogP contribution in [0.4, 0.5) is 11.5 Å². The molecule has 1 N–H and O–H groups in total. The first-order valence-electron chi connectivity index (χ1n) is 6.51. The number of anilines is 1. The average Bonchev–Trinajstić information content (AvgIpc) is 2.53. The highest BCUT2D eigenvalue weighted by molar-refractivity contribution is 5.87. The van der Waals surface area contributed by atoms with Crippen LogP contribution < -0.4 is 5.32 Å². The monoisotopic (exact) mass is 279 g/mol. The molecule has 3 rings (SSSR count). The van der Waals surface area contributed by atoms with Gasteiger partial charge in [0.15, 0.2) is 0 Å². The largest absolute Gasteiger partial charge is 0.367 e. The normalized spacial score (nSPS) is 10.5. The van der Waals surface area contributed by atoms with Crippen molar-refractivity contribution in [3.8, 4) is 11.3 Å². The van der Waals surface area contributed by atoms with E-state index in [1.54, 1.807) is 13.1 Å². The van der Waals surface area contributed by atoms with Crippen LogP contribution in [-0.2, 0) is 0 Å². The zero-order valence-electron chi connectivity index (χ0n) is 11.4. The van der Waals surface area contributed by atoms with E-state index >= 15 is 0 Å². The van der Waals surface area contributed by atoms with Gasteiger partial charge in [-0.2, -0.15) is 0 Å². The van der Waals surface area contributed by atoms with E-state index in [2.05, 4.69) is 10.3 Å². The van der Waals surface area contributed by atoms with Gasteiger partial charge in [0.25, 0.3) is 0 Å². The topological polar surface area (TPSA) is 68.1 Å². The van der Waals surface area contributed by atoms with Crippen molar-refractivity contribution < 1.29 is 4.92 Å². The van der Waals surface area contributed by atoms with E-state index in [0.29, 0.717) is 5.69 Å². The van der Waals surface area contributed by atoms with Gasteiger partial charge in [0, 0.05) is 18.7 Å². The lowest BCUT2D eigenvalue weighted by molar-refractivity contribution is -0.384. The summed E-state index contributed by atoms with van der Waals surface area (Å²) in [5.74, 6) is 0.269. The van der Waals surface area contributed by atoms with Gasteiger partial charge in [0.1, 0.15) is 0 Å². The molecule has 1 aromatic heterocycles. The highest BCUT2D eigenvalue weighted by atomic mass is 16.6. The van der Waals surface area contributed by atoms with Crippen molar-refractivity contribution in [1.29, 1.82) is 0 Å². The van der Waals surface area contributed by atoms with E-state index in [4.69, 9.17) is 0 Å². The van der Waals surface area contributed by atoms with Crippen LogP contribution in [0.1, 0.15) is 0 Å². The number of nitro groups is 1. The lowest BCUT2D eigenvalue weighted by Crippen LogP contribution is -2.00. The summed E-state index contributed by atoms with van der Waals surface area (Å²) >= 11 is 0. The molecule has 0 amide bonds. The van der Waals surface area contributed by atoms with Crippen LogP contribution in [0.2, 0.25) is 0 Å². The van der Waals surface area contributed by atoms with Crippen LogP contribution in [0.3, 0.4) is 0 Å². The molecule has 0 unspecified atom stereocenters. The molecule has 21 heavy (non-hydrogen) atoms. The minimum atomic E-state index is -0.441. The summed E-state index contributed by atoms with van der Waals surface area (Å²) in [5.41, 5.74) is 1.61. The third-order valence-corrected chi connectivity index (χ3v) is 3.35. The van der Waals surface area contributed by atoms with E-state index in [0.717, 1.165) is 16.3 Å². The number of hydrogen-bond acceptors (Lipinski definition) is 4. The fourth-order valence-corrected chi connectivity index (χ4v) is 2.29. The predicted octanol–water partition coefficient (Wildman–Crippen LogP) is 3.85. The predicted molar refractivity (Wildman–Crippen MR) is 83.4 cm³/mol. The number of hydrogen-bond donors (Lipinski definition) is 1. The Morgan fingerprint density at radius 1 is 1.05 bits per heavy atom. The summed E-state index contributed by atoms with van der Waals surface area (Å²) in [6.45, 7) is 0. The van der Waals surface area contributed by atoms with Crippen LogP contribution in [0.25, 0.3) is 22.0 Å². The fraction of sp³-hybridized carbons (Fsp3) is 0.0625. The van der Waals surface area contributed by atoms with Gasteiger partial charge >= 0.3 is 5.69 Å². The van der Waals surface area contributed by atoms with Crippen molar-refractivity contribution in [2.24, 2.45) is 0 Å². The maximum absolute atomic E-state index is 10.9. The van der Waals surface area contributed by atoms with Crippen molar-refractivity contribution in [3.05, 3.63) is 64.7 Å². The third-order valence-electron chi connectivity index (χ3n) is 3.35. The summed E-state index contributed by atoms with van der Waals surface area (Å²) in [5, 5.41) is 16.0. The van der Waals surface area contributed by atoms with Gasteiger partial charge in [-0.3, -0.25) is 10.1 Å². The molecule has 5 nitrogen and oxygen atoms in total. The van der Waals surface area contributed by atoms with Crippen molar-refractivity contribution >= 4 is 22.3 Å². The molecule has 104 valence electrons. The lowest BCUT2D eigenvalue weighted by atomic mass is 10.0. The van der Waals surface area contributed by atoms with Crippen molar-refractivity contribution in [1.82, 2.24) is 4.98 Å². The lowest BCUT2D eigenvalue weighted by Gasteiger charge is -2.06. The Kier molecular flexibility index (Phi) is 3.23. The van der Waals surface area contributed by atoms with Gasteiger partial charge in [0.05, 0.1) is 10.6 Å². The number of nitrogens with zero attached hydrogens (tertiary/aromatic N) is 2.